The SMILES string of the molecule is CC(=O)c1cnc(Br)o1. The molecule has 0 fully saturated rings. The molecular formula is C5H4BrNO2. The van der Waals surface area contributed by atoms with Gasteiger partial charge in [0.1, 0.15) is 0 Å². The van der Waals surface area contributed by atoms with Gasteiger partial charge in [-0.3, -0.25) is 4.79 Å². The van der Waals surface area contributed by atoms with Crippen molar-refractivity contribution in [1.82, 2.24) is 4.98 Å². The number of halogens is 1. The summed E-state index contributed by atoms with van der Waals surface area (Å²) < 4.78 is 4.80. The summed E-state index contributed by atoms with van der Waals surface area (Å²) in [6.45, 7) is 1.42. The zero-order valence-corrected chi connectivity index (χ0v) is 6.31. The van der Waals surface area contributed by atoms with Crippen LogP contribution in [0, 0.1) is 0 Å². The Balaban J connectivity index is 2.98. The van der Waals surface area contributed by atoms with Gasteiger partial charge in [-0.1, -0.05) is 0 Å². The predicted molar refractivity (Wildman–Crippen MR) is 34.2 cm³/mol. The summed E-state index contributed by atoms with van der Waals surface area (Å²) in [5.74, 6) is 0.162. The van der Waals surface area contributed by atoms with Crippen LogP contribution in [0.3, 0.4) is 0 Å². The van der Waals surface area contributed by atoms with Crippen LogP contribution in [0.15, 0.2) is 15.4 Å². The number of oxazole rings is 1. The number of carbonyl (C=O) groups is 1. The molecule has 0 amide bonds. The highest BCUT2D eigenvalue weighted by atomic mass is 79.9. The zero-order valence-electron chi connectivity index (χ0n) is 4.72. The summed E-state index contributed by atoms with van der Waals surface area (Å²) in [6.07, 6.45) is 1.38. The Hall–Kier alpha value is -0.640. The number of nitrogens with zero attached hydrogens (tertiary/aromatic N) is 1. The molecular weight excluding hydrogens is 186 g/mol. The van der Waals surface area contributed by atoms with E-state index >= 15 is 0 Å². The van der Waals surface area contributed by atoms with Gasteiger partial charge < -0.3 is 4.42 Å². The maximum absolute atomic E-state index is 10.5. The Bertz CT molecular complexity index is 231. The Kier molecular flexibility index (Phi) is 1.66. The van der Waals surface area contributed by atoms with Crippen LogP contribution >= 0.6 is 15.9 Å². The lowest BCUT2D eigenvalue weighted by Gasteiger charge is -1.79. The minimum Gasteiger partial charge on any atom is -0.428 e. The molecule has 9 heavy (non-hydrogen) atoms. The lowest BCUT2D eigenvalue weighted by atomic mass is 10.4. The molecule has 1 rings (SSSR count). The number of hydrogen-bond donors (Lipinski definition) is 0. The van der Waals surface area contributed by atoms with Gasteiger partial charge in [-0.25, -0.2) is 4.98 Å². The molecule has 0 N–H and O–H groups in total. The highest BCUT2D eigenvalue weighted by molar-refractivity contribution is 9.10. The van der Waals surface area contributed by atoms with Crippen LogP contribution in [0.1, 0.15) is 17.5 Å². The number of rotatable bonds is 1. The quantitative estimate of drug-likeness (QED) is 0.632. The molecule has 0 aliphatic carbocycles. The van der Waals surface area contributed by atoms with Crippen molar-refractivity contribution in [2.24, 2.45) is 0 Å². The number of ketones is 1. The highest BCUT2D eigenvalue weighted by Crippen LogP contribution is 2.09. The summed E-state index contributed by atoms with van der Waals surface area (Å²) in [7, 11) is 0. The second-order valence-electron chi connectivity index (χ2n) is 1.53. The van der Waals surface area contributed by atoms with Crippen molar-refractivity contribution >= 4 is 21.7 Å². The molecule has 4 heteroatoms. The molecule has 0 aliphatic heterocycles. The number of carbonyl (C=O) groups excluding carboxylic acids is 1. The van der Waals surface area contributed by atoms with Crippen molar-refractivity contribution < 1.29 is 9.21 Å². The first-order valence-corrected chi connectivity index (χ1v) is 3.11. The van der Waals surface area contributed by atoms with Crippen molar-refractivity contribution in [3.05, 3.63) is 16.8 Å². The third-order valence-corrected chi connectivity index (χ3v) is 1.19. The van der Waals surface area contributed by atoms with Crippen LogP contribution < -0.4 is 0 Å². The summed E-state index contributed by atoms with van der Waals surface area (Å²) in [5.41, 5.74) is 0. The molecule has 0 bridgehead atoms. The fourth-order valence-corrected chi connectivity index (χ4v) is 0.692. The molecule has 1 heterocycles. The summed E-state index contributed by atoms with van der Waals surface area (Å²) >= 11 is 2.97. The number of aromatic nitrogens is 1. The van der Waals surface area contributed by atoms with E-state index in [-0.39, 0.29) is 11.5 Å². The Morgan fingerprint density at radius 1 is 1.89 bits per heavy atom. The normalized spacial score (nSPS) is 9.56. The minimum absolute atomic E-state index is 0.117. The van der Waals surface area contributed by atoms with Crippen molar-refractivity contribution in [1.29, 1.82) is 0 Å². The van der Waals surface area contributed by atoms with Gasteiger partial charge in [-0.05, 0) is 0 Å². The maximum atomic E-state index is 10.5. The van der Waals surface area contributed by atoms with E-state index in [2.05, 4.69) is 20.9 Å². The van der Waals surface area contributed by atoms with E-state index in [0.29, 0.717) is 4.80 Å². The lowest BCUT2D eigenvalue weighted by Crippen LogP contribution is -1.85. The van der Waals surface area contributed by atoms with E-state index in [0.717, 1.165) is 0 Å². The number of hydrogen-bond acceptors (Lipinski definition) is 3. The molecule has 1 aromatic rings. The highest BCUT2D eigenvalue weighted by Gasteiger charge is 2.03. The van der Waals surface area contributed by atoms with Crippen LogP contribution in [-0.2, 0) is 0 Å². The molecule has 0 aromatic carbocycles. The topological polar surface area (TPSA) is 43.1 Å². The van der Waals surface area contributed by atoms with Crippen LogP contribution in [0.2, 0.25) is 0 Å². The van der Waals surface area contributed by atoms with E-state index in [4.69, 9.17) is 4.42 Å². The Morgan fingerprint density at radius 2 is 2.56 bits per heavy atom. The first-order valence-electron chi connectivity index (χ1n) is 2.32. The van der Waals surface area contributed by atoms with E-state index in [1.807, 2.05) is 0 Å². The van der Waals surface area contributed by atoms with Gasteiger partial charge in [0.05, 0.1) is 6.20 Å². The first kappa shape index (κ1) is 6.48. The molecule has 3 nitrogen and oxygen atoms in total. The van der Waals surface area contributed by atoms with Gasteiger partial charge in [0.25, 0.3) is 4.80 Å². The smallest absolute Gasteiger partial charge is 0.264 e. The lowest BCUT2D eigenvalue weighted by molar-refractivity contribution is 0.0986. The Labute approximate surface area is 60.2 Å². The first-order chi connectivity index (χ1) is 4.20. The summed E-state index contributed by atoms with van der Waals surface area (Å²) in [5, 5.41) is 0. The van der Waals surface area contributed by atoms with Crippen molar-refractivity contribution in [3.63, 3.8) is 0 Å². The second-order valence-corrected chi connectivity index (χ2v) is 2.21. The zero-order chi connectivity index (χ0) is 6.85. The molecule has 0 atom stereocenters. The molecule has 0 aliphatic rings. The van der Waals surface area contributed by atoms with Gasteiger partial charge in [0, 0.05) is 22.9 Å². The fraction of sp³-hybridized carbons (Fsp3) is 0.200. The maximum Gasteiger partial charge on any atom is 0.264 e. The van der Waals surface area contributed by atoms with Crippen molar-refractivity contribution in [3.8, 4) is 0 Å². The van der Waals surface area contributed by atoms with Gasteiger partial charge >= 0.3 is 0 Å². The molecule has 0 radical (unpaired) electrons. The van der Waals surface area contributed by atoms with E-state index in [1.54, 1.807) is 0 Å². The van der Waals surface area contributed by atoms with Gasteiger partial charge in [-0.2, -0.15) is 0 Å². The third kappa shape index (κ3) is 1.38. The van der Waals surface area contributed by atoms with Gasteiger partial charge in [0.15, 0.2) is 11.5 Å². The molecule has 0 saturated heterocycles. The molecule has 1 aromatic heterocycles. The summed E-state index contributed by atoms with van der Waals surface area (Å²) in [6, 6.07) is 0. The molecule has 0 unspecified atom stereocenters. The summed E-state index contributed by atoms with van der Waals surface area (Å²) in [4.78, 5) is 14.5. The number of Topliss-reactive ketones (excluding diaryl/α,β-unsaturated/α-hetero) is 1. The van der Waals surface area contributed by atoms with Crippen LogP contribution in [-0.4, -0.2) is 10.8 Å². The Morgan fingerprint density at radius 3 is 2.78 bits per heavy atom. The van der Waals surface area contributed by atoms with Crippen LogP contribution in [0.25, 0.3) is 0 Å². The second kappa shape index (κ2) is 2.31. The molecule has 0 saturated carbocycles. The molecule has 48 valence electrons. The third-order valence-electron chi connectivity index (χ3n) is 0.824. The van der Waals surface area contributed by atoms with Crippen molar-refractivity contribution in [2.75, 3.05) is 0 Å². The van der Waals surface area contributed by atoms with Gasteiger partial charge in [-0.15, -0.1) is 0 Å². The average Bonchev–Trinajstić information content (AvgIpc) is 2.14. The molecule has 0 spiro atoms. The van der Waals surface area contributed by atoms with Crippen LogP contribution in [0.5, 0.6) is 0 Å². The average molecular weight is 190 g/mol. The van der Waals surface area contributed by atoms with Crippen molar-refractivity contribution in [2.45, 2.75) is 6.92 Å². The fourth-order valence-electron chi connectivity index (χ4n) is 0.416. The largest absolute Gasteiger partial charge is 0.428 e. The predicted octanol–water partition coefficient (Wildman–Crippen LogP) is 1.64. The van der Waals surface area contributed by atoms with E-state index < -0.39 is 0 Å². The van der Waals surface area contributed by atoms with E-state index in [1.165, 1.54) is 13.1 Å². The van der Waals surface area contributed by atoms with Crippen LogP contribution in [0.4, 0.5) is 0 Å². The van der Waals surface area contributed by atoms with E-state index in [9.17, 15) is 4.79 Å². The van der Waals surface area contributed by atoms with Gasteiger partial charge in [0.2, 0.25) is 0 Å². The monoisotopic (exact) mass is 189 g/mol. The minimum atomic E-state index is -0.117. The standard InChI is InChI=1S/C5H4BrNO2/c1-3(8)4-2-7-5(6)9-4/h2H,1H3.